The molecule has 1 heterocycles. The van der Waals surface area contributed by atoms with Crippen LogP contribution in [0.5, 0.6) is 5.75 Å². The molecule has 1 aliphatic rings. The number of nitrogens with one attached hydrogen (secondary N) is 1. The van der Waals surface area contributed by atoms with Crippen molar-refractivity contribution >= 4 is 10.0 Å². The van der Waals surface area contributed by atoms with E-state index in [1.165, 1.54) is 4.90 Å². The molecule has 0 aliphatic carbocycles. The van der Waals surface area contributed by atoms with Crippen molar-refractivity contribution < 1.29 is 18.1 Å². The minimum Gasteiger partial charge on any atom is -0.494 e. The van der Waals surface area contributed by atoms with Crippen LogP contribution in [0.3, 0.4) is 0 Å². The van der Waals surface area contributed by atoms with Crippen molar-refractivity contribution in [3.8, 4) is 5.75 Å². The monoisotopic (exact) mass is 313 g/mol. The van der Waals surface area contributed by atoms with Crippen LogP contribution < -0.4 is 9.64 Å². The maximum atomic E-state index is 12.8. The number of hydrogen-bond donors (Lipinski definition) is 1. The standard InChI is InChI=1S/C15H24N2O3S/c1-5-20-14-6-7-15(13(3)12(14)2)21(18,19)17-10-8-16(4)9-11-17/h6-7H,5,8-11H2,1-4H3/p+1. The van der Waals surface area contributed by atoms with Crippen molar-refractivity contribution in [1.82, 2.24) is 4.31 Å². The van der Waals surface area contributed by atoms with Gasteiger partial charge in [0.2, 0.25) is 10.0 Å². The summed E-state index contributed by atoms with van der Waals surface area (Å²) in [6.45, 7) is 9.14. The number of hydrogen-bond acceptors (Lipinski definition) is 3. The van der Waals surface area contributed by atoms with Gasteiger partial charge in [0.25, 0.3) is 0 Å². The third-order valence-electron chi connectivity index (χ3n) is 4.18. The lowest BCUT2D eigenvalue weighted by Gasteiger charge is -2.30. The molecule has 0 unspecified atom stereocenters. The molecule has 0 radical (unpaired) electrons. The van der Waals surface area contributed by atoms with E-state index in [1.807, 2.05) is 20.8 Å². The van der Waals surface area contributed by atoms with Gasteiger partial charge >= 0.3 is 0 Å². The summed E-state index contributed by atoms with van der Waals surface area (Å²) in [5.74, 6) is 0.761. The van der Waals surface area contributed by atoms with E-state index in [0.29, 0.717) is 24.6 Å². The van der Waals surface area contributed by atoms with E-state index in [9.17, 15) is 8.42 Å². The van der Waals surface area contributed by atoms with Gasteiger partial charge in [-0.3, -0.25) is 0 Å². The summed E-state index contributed by atoms with van der Waals surface area (Å²) in [6.07, 6.45) is 0. The topological polar surface area (TPSA) is 51.1 Å². The summed E-state index contributed by atoms with van der Waals surface area (Å²) in [7, 11) is -1.31. The molecule has 0 amide bonds. The molecule has 6 heteroatoms. The normalized spacial score (nSPS) is 17.9. The number of nitrogens with zero attached hydrogens (tertiary/aromatic N) is 1. The molecule has 0 saturated carbocycles. The van der Waals surface area contributed by atoms with E-state index < -0.39 is 10.0 Å². The van der Waals surface area contributed by atoms with E-state index in [4.69, 9.17) is 4.74 Å². The number of piperazine rings is 1. The minimum absolute atomic E-state index is 0.406. The van der Waals surface area contributed by atoms with Crippen molar-refractivity contribution in [3.63, 3.8) is 0 Å². The molecule has 1 saturated heterocycles. The molecule has 1 aromatic rings. The van der Waals surface area contributed by atoms with E-state index in [2.05, 4.69) is 7.05 Å². The van der Waals surface area contributed by atoms with Crippen LogP contribution in [0.15, 0.2) is 17.0 Å². The van der Waals surface area contributed by atoms with Crippen LogP contribution in [0.2, 0.25) is 0 Å². The fourth-order valence-corrected chi connectivity index (χ4v) is 4.33. The second kappa shape index (κ2) is 6.34. The van der Waals surface area contributed by atoms with E-state index in [1.54, 1.807) is 16.4 Å². The number of ether oxygens (including phenoxy) is 1. The Morgan fingerprint density at radius 1 is 1.19 bits per heavy atom. The molecule has 21 heavy (non-hydrogen) atoms. The van der Waals surface area contributed by atoms with Gasteiger partial charge in [-0.1, -0.05) is 0 Å². The summed E-state index contributed by atoms with van der Waals surface area (Å²) >= 11 is 0. The van der Waals surface area contributed by atoms with Crippen molar-refractivity contribution in [1.29, 1.82) is 0 Å². The van der Waals surface area contributed by atoms with Gasteiger partial charge in [0.15, 0.2) is 0 Å². The number of quaternary nitrogens is 1. The molecule has 0 aromatic heterocycles. The Bertz CT molecular complexity index is 606. The molecular formula is C15H25N2O3S+. The second-order valence-electron chi connectivity index (χ2n) is 5.61. The molecule has 0 spiro atoms. The Kier molecular flexibility index (Phi) is 4.91. The van der Waals surface area contributed by atoms with E-state index in [0.717, 1.165) is 30.0 Å². The van der Waals surface area contributed by atoms with Gasteiger partial charge in [0, 0.05) is 0 Å². The number of sulfonamides is 1. The summed E-state index contributed by atoms with van der Waals surface area (Å²) in [6, 6.07) is 3.44. The first-order valence-electron chi connectivity index (χ1n) is 7.42. The van der Waals surface area contributed by atoms with Gasteiger partial charge in [-0.05, 0) is 44.0 Å². The third-order valence-corrected chi connectivity index (χ3v) is 6.22. The zero-order chi connectivity index (χ0) is 15.6. The Labute approximate surface area is 127 Å². The zero-order valence-electron chi connectivity index (χ0n) is 13.3. The Morgan fingerprint density at radius 2 is 1.81 bits per heavy atom. The molecule has 5 nitrogen and oxygen atoms in total. The van der Waals surface area contributed by atoms with Gasteiger partial charge in [0.05, 0.1) is 44.7 Å². The molecule has 1 aromatic carbocycles. The summed E-state index contributed by atoms with van der Waals surface area (Å²) in [4.78, 5) is 1.78. The predicted octanol–water partition coefficient (Wildman–Crippen LogP) is 0.221. The number of likely N-dealkylation sites (N-methyl/N-ethyl adjacent to an activating group) is 1. The first-order valence-corrected chi connectivity index (χ1v) is 8.86. The summed E-state index contributed by atoms with van der Waals surface area (Å²) in [5.41, 5.74) is 1.69. The highest BCUT2D eigenvalue weighted by Crippen LogP contribution is 2.29. The van der Waals surface area contributed by atoms with Crippen molar-refractivity contribution in [2.24, 2.45) is 0 Å². The Balaban J connectivity index is 2.34. The first-order chi connectivity index (χ1) is 9.87. The quantitative estimate of drug-likeness (QED) is 0.865. The molecule has 0 atom stereocenters. The minimum atomic E-state index is -3.41. The van der Waals surface area contributed by atoms with Crippen LogP contribution in [0, 0.1) is 13.8 Å². The summed E-state index contributed by atoms with van der Waals surface area (Å²) < 4.78 is 32.8. The fraction of sp³-hybridized carbons (Fsp3) is 0.600. The fourth-order valence-electron chi connectivity index (χ4n) is 2.61. The largest absolute Gasteiger partial charge is 0.494 e. The van der Waals surface area contributed by atoms with Crippen LogP contribution in [0.4, 0.5) is 0 Å². The van der Waals surface area contributed by atoms with Crippen molar-refractivity contribution in [3.05, 3.63) is 23.3 Å². The molecule has 118 valence electrons. The highest BCUT2D eigenvalue weighted by atomic mass is 32.2. The highest BCUT2D eigenvalue weighted by Gasteiger charge is 2.30. The second-order valence-corrected chi connectivity index (χ2v) is 7.51. The van der Waals surface area contributed by atoms with Crippen LogP contribution in [-0.2, 0) is 10.0 Å². The lowest BCUT2D eigenvalue weighted by atomic mass is 10.1. The van der Waals surface area contributed by atoms with Crippen LogP contribution in [-0.4, -0.2) is 52.6 Å². The van der Waals surface area contributed by atoms with Gasteiger partial charge in [-0.15, -0.1) is 0 Å². The van der Waals surface area contributed by atoms with Crippen molar-refractivity contribution in [2.75, 3.05) is 39.8 Å². The number of benzene rings is 1. The van der Waals surface area contributed by atoms with Crippen molar-refractivity contribution in [2.45, 2.75) is 25.7 Å². The molecular weight excluding hydrogens is 288 g/mol. The lowest BCUT2D eigenvalue weighted by molar-refractivity contribution is -0.883. The Morgan fingerprint density at radius 3 is 2.38 bits per heavy atom. The van der Waals surface area contributed by atoms with Gasteiger partial charge in [-0.2, -0.15) is 4.31 Å². The smallest absolute Gasteiger partial charge is 0.243 e. The van der Waals surface area contributed by atoms with Crippen LogP contribution in [0.25, 0.3) is 0 Å². The van der Waals surface area contributed by atoms with Gasteiger partial charge in [-0.25, -0.2) is 8.42 Å². The maximum absolute atomic E-state index is 12.8. The van der Waals surface area contributed by atoms with Crippen LogP contribution >= 0.6 is 0 Å². The van der Waals surface area contributed by atoms with Gasteiger partial charge in [0.1, 0.15) is 5.75 Å². The van der Waals surface area contributed by atoms with Gasteiger partial charge < -0.3 is 9.64 Å². The average molecular weight is 313 g/mol. The predicted molar refractivity (Wildman–Crippen MR) is 82.5 cm³/mol. The number of rotatable bonds is 4. The molecule has 1 fully saturated rings. The zero-order valence-corrected chi connectivity index (χ0v) is 14.1. The Hall–Kier alpha value is -1.11. The maximum Gasteiger partial charge on any atom is 0.243 e. The highest BCUT2D eigenvalue weighted by molar-refractivity contribution is 7.89. The molecule has 0 bridgehead atoms. The third kappa shape index (κ3) is 3.22. The molecule has 1 aliphatic heterocycles. The average Bonchev–Trinajstić information content (AvgIpc) is 2.44. The first kappa shape index (κ1) is 16.3. The summed E-state index contributed by atoms with van der Waals surface area (Å²) in [5, 5.41) is 0. The lowest BCUT2D eigenvalue weighted by Crippen LogP contribution is -3.12. The molecule has 2 rings (SSSR count). The molecule has 1 N–H and O–H groups in total. The van der Waals surface area contributed by atoms with E-state index in [-0.39, 0.29) is 0 Å². The van der Waals surface area contributed by atoms with E-state index >= 15 is 0 Å². The SMILES string of the molecule is CCOc1ccc(S(=O)(=O)N2CC[NH+](C)CC2)c(C)c1C. The van der Waals surface area contributed by atoms with Crippen LogP contribution in [0.1, 0.15) is 18.1 Å².